The Hall–Kier alpha value is -3.07. The van der Waals surface area contributed by atoms with E-state index in [9.17, 15) is 18.0 Å². The van der Waals surface area contributed by atoms with Crippen LogP contribution in [0.2, 0.25) is 0 Å². The first-order valence-electron chi connectivity index (χ1n) is 11.4. The maximum atomic E-state index is 13.3. The van der Waals surface area contributed by atoms with Crippen molar-refractivity contribution in [3.63, 3.8) is 0 Å². The van der Waals surface area contributed by atoms with Gasteiger partial charge in [-0.3, -0.25) is 4.79 Å². The Morgan fingerprint density at radius 3 is 2.49 bits per heavy atom. The molecule has 1 N–H and O–H groups in total. The number of alkyl halides is 3. The molecule has 1 saturated carbocycles. The Morgan fingerprint density at radius 1 is 1.09 bits per heavy atom. The van der Waals surface area contributed by atoms with Crippen LogP contribution in [-0.2, 0) is 18.0 Å². The first-order chi connectivity index (χ1) is 16.8. The minimum absolute atomic E-state index is 0.0171. The van der Waals surface area contributed by atoms with E-state index >= 15 is 0 Å². The normalized spacial score (nSPS) is 15.1. The van der Waals surface area contributed by atoms with Crippen LogP contribution >= 0.6 is 11.3 Å². The van der Waals surface area contributed by atoms with E-state index < -0.39 is 11.7 Å². The second-order valence-electron chi connectivity index (χ2n) is 8.70. The predicted molar refractivity (Wildman–Crippen MR) is 128 cm³/mol. The molecule has 1 aliphatic carbocycles. The predicted octanol–water partition coefficient (Wildman–Crippen LogP) is 6.01. The molecule has 1 fully saturated rings. The number of benzene rings is 2. The molecule has 5 nitrogen and oxygen atoms in total. The number of thiazole rings is 1. The minimum atomic E-state index is -4.44. The molecular weight excluding hydrogens is 477 g/mol. The van der Waals surface area contributed by atoms with Crippen LogP contribution in [0.5, 0.6) is 11.5 Å². The largest absolute Gasteiger partial charge is 0.493 e. The van der Waals surface area contributed by atoms with Gasteiger partial charge in [-0.1, -0.05) is 37.1 Å². The number of hydrogen-bond acceptors (Lipinski definition) is 5. The summed E-state index contributed by atoms with van der Waals surface area (Å²) in [5.74, 6) is 0.963. The highest BCUT2D eigenvalue weighted by Crippen LogP contribution is 2.43. The van der Waals surface area contributed by atoms with Gasteiger partial charge in [0.05, 0.1) is 24.8 Å². The van der Waals surface area contributed by atoms with Gasteiger partial charge in [-0.25, -0.2) is 4.98 Å². The van der Waals surface area contributed by atoms with Crippen LogP contribution in [0.4, 0.5) is 13.2 Å². The minimum Gasteiger partial charge on any atom is -0.493 e. The van der Waals surface area contributed by atoms with Crippen molar-refractivity contribution in [2.45, 2.75) is 43.7 Å². The summed E-state index contributed by atoms with van der Waals surface area (Å²) in [5.41, 5.74) is 0.532. The third-order valence-corrected chi connectivity index (χ3v) is 7.44. The first-order valence-corrected chi connectivity index (χ1v) is 12.2. The fourth-order valence-corrected chi connectivity index (χ4v) is 5.53. The van der Waals surface area contributed by atoms with Gasteiger partial charge in [0, 0.05) is 23.8 Å². The second-order valence-corrected chi connectivity index (χ2v) is 9.64. The highest BCUT2D eigenvalue weighted by molar-refractivity contribution is 7.09. The van der Waals surface area contributed by atoms with Gasteiger partial charge >= 0.3 is 6.18 Å². The topological polar surface area (TPSA) is 60.5 Å². The number of aromatic nitrogens is 1. The van der Waals surface area contributed by atoms with Gasteiger partial charge in [0.2, 0.25) is 0 Å². The number of hydrogen-bond donors (Lipinski definition) is 1. The van der Waals surface area contributed by atoms with Crippen molar-refractivity contribution in [1.82, 2.24) is 10.3 Å². The Morgan fingerprint density at radius 2 is 1.80 bits per heavy atom. The van der Waals surface area contributed by atoms with Crippen LogP contribution in [0.15, 0.2) is 47.8 Å². The average molecular weight is 505 g/mol. The lowest BCUT2D eigenvalue weighted by Crippen LogP contribution is -2.39. The maximum Gasteiger partial charge on any atom is 0.416 e. The van der Waals surface area contributed by atoms with Gasteiger partial charge in [0.25, 0.3) is 5.91 Å². The number of nitrogens with zero attached hydrogens (tertiary/aromatic N) is 1. The lowest BCUT2D eigenvalue weighted by Gasteiger charge is -2.30. The summed E-state index contributed by atoms with van der Waals surface area (Å²) < 4.78 is 50.7. The zero-order chi connectivity index (χ0) is 25.1. The zero-order valence-electron chi connectivity index (χ0n) is 19.6. The molecule has 0 atom stereocenters. The molecule has 1 aromatic heterocycles. The molecule has 1 aliphatic rings. The molecule has 0 unspecified atom stereocenters. The SMILES string of the molecule is COc1ccc(C2(CNC(=O)c3csc(Cc4ccccc4C(F)(F)F)n3)CCCC2)cc1OC. The molecule has 186 valence electrons. The van der Waals surface area contributed by atoms with Crippen LogP contribution in [-0.4, -0.2) is 31.7 Å². The summed E-state index contributed by atoms with van der Waals surface area (Å²) in [7, 11) is 3.19. The van der Waals surface area contributed by atoms with Crippen molar-refractivity contribution in [2.75, 3.05) is 20.8 Å². The summed E-state index contributed by atoms with van der Waals surface area (Å²) in [6, 6.07) is 11.3. The molecule has 9 heteroatoms. The van der Waals surface area contributed by atoms with Crippen LogP contribution in [0.1, 0.15) is 57.9 Å². The van der Waals surface area contributed by atoms with Gasteiger partial charge in [0.1, 0.15) is 5.69 Å². The molecule has 1 amide bonds. The van der Waals surface area contributed by atoms with Gasteiger partial charge in [0.15, 0.2) is 11.5 Å². The molecule has 0 saturated heterocycles. The molecule has 4 rings (SSSR count). The third kappa shape index (κ3) is 5.45. The van der Waals surface area contributed by atoms with Gasteiger partial charge in [-0.15, -0.1) is 11.3 Å². The summed E-state index contributed by atoms with van der Waals surface area (Å²) in [5, 5.41) is 5.07. The van der Waals surface area contributed by atoms with E-state index in [1.54, 1.807) is 25.7 Å². The highest BCUT2D eigenvalue weighted by atomic mass is 32.1. The van der Waals surface area contributed by atoms with Crippen molar-refractivity contribution in [3.05, 3.63) is 75.2 Å². The van der Waals surface area contributed by atoms with E-state index in [0.717, 1.165) is 37.3 Å². The molecule has 0 spiro atoms. The fraction of sp³-hybridized carbons (Fsp3) is 0.385. The molecule has 0 radical (unpaired) electrons. The van der Waals surface area contributed by atoms with Gasteiger partial charge < -0.3 is 14.8 Å². The Labute approximate surface area is 206 Å². The molecule has 2 aromatic carbocycles. The first kappa shape index (κ1) is 25.0. The van der Waals surface area contributed by atoms with Crippen molar-refractivity contribution in [1.29, 1.82) is 0 Å². The number of nitrogens with one attached hydrogen (secondary N) is 1. The lowest BCUT2D eigenvalue weighted by molar-refractivity contribution is -0.138. The number of halogens is 3. The van der Waals surface area contributed by atoms with Crippen molar-refractivity contribution >= 4 is 17.2 Å². The fourth-order valence-electron chi connectivity index (χ4n) is 4.74. The second kappa shape index (κ2) is 10.3. The summed E-state index contributed by atoms with van der Waals surface area (Å²) in [6.07, 6.45) is -0.441. The lowest BCUT2D eigenvalue weighted by atomic mass is 9.78. The number of carbonyl (C=O) groups excluding carboxylic acids is 1. The highest BCUT2D eigenvalue weighted by Gasteiger charge is 2.37. The monoisotopic (exact) mass is 504 g/mol. The van der Waals surface area contributed by atoms with Gasteiger partial charge in [-0.05, 0) is 42.2 Å². The number of amides is 1. The van der Waals surface area contributed by atoms with E-state index in [0.29, 0.717) is 23.1 Å². The molecule has 0 bridgehead atoms. The Kier molecular flexibility index (Phi) is 7.35. The number of methoxy groups -OCH3 is 2. The Bertz CT molecular complexity index is 1190. The smallest absolute Gasteiger partial charge is 0.416 e. The van der Waals surface area contributed by atoms with E-state index in [-0.39, 0.29) is 29.0 Å². The molecule has 1 heterocycles. The molecular formula is C26H27F3N2O3S. The number of carbonyl (C=O) groups is 1. The quantitative estimate of drug-likeness (QED) is 0.408. The van der Waals surface area contributed by atoms with Crippen molar-refractivity contribution in [3.8, 4) is 11.5 Å². The van der Waals surface area contributed by atoms with Crippen LogP contribution < -0.4 is 14.8 Å². The van der Waals surface area contributed by atoms with Crippen LogP contribution in [0.3, 0.4) is 0 Å². The summed E-state index contributed by atoms with van der Waals surface area (Å²) in [6.45, 7) is 0.436. The van der Waals surface area contributed by atoms with Crippen LogP contribution in [0, 0.1) is 0 Å². The third-order valence-electron chi connectivity index (χ3n) is 6.59. The summed E-state index contributed by atoms with van der Waals surface area (Å²) in [4.78, 5) is 17.2. The van der Waals surface area contributed by atoms with E-state index in [1.807, 2.05) is 18.2 Å². The van der Waals surface area contributed by atoms with Crippen LogP contribution in [0.25, 0.3) is 0 Å². The molecule has 35 heavy (non-hydrogen) atoms. The van der Waals surface area contributed by atoms with E-state index in [4.69, 9.17) is 9.47 Å². The molecule has 3 aromatic rings. The van der Waals surface area contributed by atoms with E-state index in [1.165, 1.54) is 23.5 Å². The maximum absolute atomic E-state index is 13.3. The van der Waals surface area contributed by atoms with Crippen molar-refractivity contribution in [2.24, 2.45) is 0 Å². The standard InChI is InChI=1S/C26H27F3N2O3S/c1-33-21-10-9-18(14-22(21)34-2)25(11-5-6-12-25)16-30-24(32)20-15-35-23(31-20)13-17-7-3-4-8-19(17)26(27,28)29/h3-4,7-10,14-15H,5-6,11-13,16H2,1-2H3,(H,30,32). The summed E-state index contributed by atoms with van der Waals surface area (Å²) >= 11 is 1.18. The van der Waals surface area contributed by atoms with Gasteiger partial charge in [-0.2, -0.15) is 13.2 Å². The van der Waals surface area contributed by atoms with Crippen molar-refractivity contribution < 1.29 is 27.4 Å². The average Bonchev–Trinajstić information content (AvgIpc) is 3.52. The van der Waals surface area contributed by atoms with E-state index in [2.05, 4.69) is 10.3 Å². The number of rotatable bonds is 8. The zero-order valence-corrected chi connectivity index (χ0v) is 20.4. The Balaban J connectivity index is 1.47. The number of ether oxygens (including phenoxy) is 2. The molecule has 0 aliphatic heterocycles.